The summed E-state index contributed by atoms with van der Waals surface area (Å²) in [6.45, 7) is 0. The third-order valence-electron chi connectivity index (χ3n) is 4.39. The van der Waals surface area contributed by atoms with Crippen LogP contribution in [0.15, 0.2) is 35.7 Å². The Morgan fingerprint density at radius 3 is 1.87 bits per heavy atom. The first kappa shape index (κ1) is 31.5. The second kappa shape index (κ2) is 11.6. The molecule has 2 rings (SSSR count). The molecule has 1 aromatic heterocycles. The molecule has 2 unspecified atom stereocenters. The molecule has 0 spiro atoms. The van der Waals surface area contributed by atoms with Gasteiger partial charge >= 0.3 is 24.3 Å². The van der Waals surface area contributed by atoms with Gasteiger partial charge in [0.05, 0.1) is 6.42 Å². The lowest BCUT2D eigenvalue weighted by molar-refractivity contribution is -0.214. The van der Waals surface area contributed by atoms with Gasteiger partial charge in [0, 0.05) is 0 Å². The minimum atomic E-state index is -5.30. The van der Waals surface area contributed by atoms with Crippen LogP contribution in [0.3, 0.4) is 0 Å². The second-order valence-corrected chi connectivity index (χ2v) is 11.4. The van der Waals surface area contributed by atoms with Gasteiger partial charge in [0.25, 0.3) is 20.2 Å². The predicted molar refractivity (Wildman–Crippen MR) is 117 cm³/mol. The molecule has 0 aliphatic carbocycles. The fourth-order valence-electron chi connectivity index (χ4n) is 2.78. The van der Waals surface area contributed by atoms with Crippen LogP contribution < -0.4 is 0 Å². The molecule has 0 amide bonds. The van der Waals surface area contributed by atoms with Crippen LogP contribution in [0.2, 0.25) is 0 Å². The average Bonchev–Trinajstić information content (AvgIpc) is 3.20. The molecule has 0 saturated carbocycles. The van der Waals surface area contributed by atoms with Gasteiger partial charge in [-0.2, -0.15) is 43.2 Å². The third-order valence-corrected chi connectivity index (χ3v) is 6.74. The van der Waals surface area contributed by atoms with Gasteiger partial charge in [-0.3, -0.25) is 13.9 Å². The molecule has 0 radical (unpaired) electrons. The topological polar surface area (TPSA) is 161 Å². The van der Waals surface area contributed by atoms with E-state index in [1.807, 2.05) is 0 Å². The van der Waals surface area contributed by atoms with Gasteiger partial charge < -0.3 is 9.47 Å². The average molecular weight is 615 g/mol. The highest BCUT2D eigenvalue weighted by atomic mass is 32.2. The molecular weight excluding hydrogens is 598 g/mol. The normalized spacial score (nSPS) is 14.5. The van der Waals surface area contributed by atoms with E-state index in [0.29, 0.717) is 11.3 Å². The first-order chi connectivity index (χ1) is 17.1. The Morgan fingerprint density at radius 2 is 1.37 bits per heavy atom. The number of rotatable bonds is 10. The van der Waals surface area contributed by atoms with E-state index >= 15 is 0 Å². The monoisotopic (exact) mass is 614 g/mol. The first-order valence-corrected chi connectivity index (χ1v) is 13.9. The molecule has 2 aromatic rings. The SMILES string of the molecule is O=C(Cc1cccc(-c2csc(C(=O)OC(CS(=O)(=O)O)C(F)(F)F)c2)c1)OC(CS(=O)(=O)O)C(F)(F)F. The zero-order chi connectivity index (χ0) is 29.1. The summed E-state index contributed by atoms with van der Waals surface area (Å²) in [7, 11) is -10.3. The Morgan fingerprint density at radius 1 is 0.842 bits per heavy atom. The van der Waals surface area contributed by atoms with E-state index < -0.39 is 79.5 Å². The van der Waals surface area contributed by atoms with Crippen LogP contribution in [0.5, 0.6) is 0 Å². The first-order valence-electron chi connectivity index (χ1n) is 9.76. The zero-order valence-electron chi connectivity index (χ0n) is 18.4. The molecule has 212 valence electrons. The van der Waals surface area contributed by atoms with Crippen LogP contribution in [0.1, 0.15) is 15.2 Å². The largest absolute Gasteiger partial charge is 0.451 e. The number of halogens is 6. The summed E-state index contributed by atoms with van der Waals surface area (Å²) < 4.78 is 147. The number of thiophene rings is 1. The quantitative estimate of drug-likeness (QED) is 0.231. The van der Waals surface area contributed by atoms with E-state index in [4.69, 9.17) is 9.11 Å². The van der Waals surface area contributed by atoms with Gasteiger partial charge in [0.1, 0.15) is 16.4 Å². The molecule has 1 aromatic carbocycles. The van der Waals surface area contributed by atoms with Crippen molar-refractivity contribution in [3.05, 3.63) is 46.2 Å². The Hall–Kier alpha value is -2.74. The maximum absolute atomic E-state index is 13.0. The minimum Gasteiger partial charge on any atom is -0.451 e. The number of benzene rings is 1. The summed E-state index contributed by atoms with van der Waals surface area (Å²) in [6, 6.07) is 6.39. The van der Waals surface area contributed by atoms with Crippen molar-refractivity contribution in [2.45, 2.75) is 31.0 Å². The molecule has 0 fully saturated rings. The number of hydrogen-bond acceptors (Lipinski definition) is 9. The highest BCUT2D eigenvalue weighted by Crippen LogP contribution is 2.30. The van der Waals surface area contributed by atoms with E-state index in [9.17, 15) is 52.8 Å². The Balaban J connectivity index is 2.16. The van der Waals surface area contributed by atoms with E-state index in [-0.39, 0.29) is 16.7 Å². The van der Waals surface area contributed by atoms with Crippen molar-refractivity contribution in [3.8, 4) is 11.1 Å². The number of carbonyl (C=O) groups is 2. The zero-order valence-corrected chi connectivity index (χ0v) is 20.8. The maximum Gasteiger partial charge on any atom is 0.426 e. The fourth-order valence-corrected chi connectivity index (χ4v) is 4.86. The van der Waals surface area contributed by atoms with Crippen molar-refractivity contribution in [3.63, 3.8) is 0 Å². The van der Waals surface area contributed by atoms with Crippen molar-refractivity contribution >= 4 is 43.5 Å². The van der Waals surface area contributed by atoms with Crippen molar-refractivity contribution in [2.24, 2.45) is 0 Å². The van der Waals surface area contributed by atoms with Gasteiger partial charge in [0.2, 0.25) is 12.2 Å². The Kier molecular flexibility index (Phi) is 9.58. The van der Waals surface area contributed by atoms with E-state index in [1.54, 1.807) is 0 Å². The molecule has 2 N–H and O–H groups in total. The molecule has 2 atom stereocenters. The van der Waals surface area contributed by atoms with Gasteiger partial charge in [-0.05, 0) is 28.1 Å². The maximum atomic E-state index is 13.0. The number of esters is 2. The third kappa shape index (κ3) is 10.2. The summed E-state index contributed by atoms with van der Waals surface area (Å²) in [5.74, 6) is -6.86. The highest BCUT2D eigenvalue weighted by molar-refractivity contribution is 7.86. The van der Waals surface area contributed by atoms with Crippen molar-refractivity contribution in [2.75, 3.05) is 11.5 Å². The molecule has 19 heteroatoms. The fraction of sp³-hybridized carbons (Fsp3) is 0.368. The summed E-state index contributed by atoms with van der Waals surface area (Å²) in [5, 5.41) is 1.28. The van der Waals surface area contributed by atoms with Gasteiger partial charge in [0.15, 0.2) is 0 Å². The van der Waals surface area contributed by atoms with Crippen LogP contribution in [-0.4, -0.2) is 73.9 Å². The summed E-state index contributed by atoms with van der Waals surface area (Å²) in [4.78, 5) is 23.7. The highest BCUT2D eigenvalue weighted by Gasteiger charge is 2.46. The van der Waals surface area contributed by atoms with Crippen LogP contribution in [-0.2, 0) is 40.9 Å². The van der Waals surface area contributed by atoms with Crippen LogP contribution in [0.4, 0.5) is 26.3 Å². The van der Waals surface area contributed by atoms with Gasteiger partial charge in [-0.1, -0.05) is 24.3 Å². The smallest absolute Gasteiger partial charge is 0.426 e. The molecule has 0 saturated heterocycles. The molecule has 10 nitrogen and oxygen atoms in total. The standard InChI is InChI=1S/C19H16F6O10S3/c20-18(21,22)14(8-37(28,29)30)34-16(26)5-10-2-1-3-11(4-10)12-6-13(36-7-12)17(27)35-15(19(23,24)25)9-38(31,32)33/h1-4,6-7,14-15H,5,8-9H2,(H,28,29,30)(H,31,32,33). The Bertz CT molecular complexity index is 1380. The second-order valence-electron chi connectivity index (χ2n) is 7.53. The van der Waals surface area contributed by atoms with Crippen molar-refractivity contribution in [1.82, 2.24) is 0 Å². The van der Waals surface area contributed by atoms with Gasteiger partial charge in [-0.25, -0.2) is 4.79 Å². The van der Waals surface area contributed by atoms with Crippen LogP contribution in [0.25, 0.3) is 11.1 Å². The molecular formula is C19H16F6O10S3. The van der Waals surface area contributed by atoms with Crippen molar-refractivity contribution < 1.29 is 71.3 Å². The summed E-state index contributed by atoms with van der Waals surface area (Å²) in [5.41, 5.74) is 0.525. The lowest BCUT2D eigenvalue weighted by atomic mass is 10.0. The molecule has 38 heavy (non-hydrogen) atoms. The minimum absolute atomic E-state index is 0.0703. The molecule has 0 aliphatic rings. The van der Waals surface area contributed by atoms with Crippen molar-refractivity contribution in [1.29, 1.82) is 0 Å². The molecule has 0 aliphatic heterocycles. The van der Waals surface area contributed by atoms with Crippen LogP contribution >= 0.6 is 11.3 Å². The van der Waals surface area contributed by atoms with Gasteiger partial charge in [-0.15, -0.1) is 11.3 Å². The van der Waals surface area contributed by atoms with E-state index in [2.05, 4.69) is 9.47 Å². The van der Waals surface area contributed by atoms with Crippen LogP contribution in [0, 0.1) is 0 Å². The Labute approximate surface area is 214 Å². The number of hydrogen-bond donors (Lipinski definition) is 2. The summed E-state index contributed by atoms with van der Waals surface area (Å²) >= 11 is 0.608. The number of ether oxygens (including phenoxy) is 2. The number of alkyl halides is 6. The van der Waals surface area contributed by atoms with E-state index in [1.165, 1.54) is 29.6 Å². The number of carbonyl (C=O) groups excluding carboxylic acids is 2. The lowest BCUT2D eigenvalue weighted by Gasteiger charge is -2.19. The molecule has 1 heterocycles. The predicted octanol–water partition coefficient (Wildman–Crippen LogP) is 3.30. The van der Waals surface area contributed by atoms with E-state index in [0.717, 1.165) is 6.07 Å². The molecule has 0 bridgehead atoms. The summed E-state index contributed by atoms with van der Waals surface area (Å²) in [6.07, 6.45) is -17.6. The lowest BCUT2D eigenvalue weighted by Crippen LogP contribution is -2.39.